The van der Waals surface area contributed by atoms with Crippen molar-refractivity contribution < 1.29 is 14.2 Å². The molecule has 3 heteroatoms. The molecule has 1 aliphatic rings. The Bertz CT molecular complexity index is 359. The highest BCUT2D eigenvalue weighted by Crippen LogP contribution is 2.30. The van der Waals surface area contributed by atoms with Crippen molar-refractivity contribution in [2.24, 2.45) is 0 Å². The number of rotatable bonds is 3. The van der Waals surface area contributed by atoms with E-state index in [-0.39, 0.29) is 5.82 Å². The number of hydrogen-bond acceptors (Lipinski definition) is 2. The molecule has 0 saturated carbocycles. The van der Waals surface area contributed by atoms with Gasteiger partial charge in [-0.15, -0.1) is 0 Å². The first-order valence-electron chi connectivity index (χ1n) is 5.67. The summed E-state index contributed by atoms with van der Waals surface area (Å²) in [5.41, 5.74) is 0.344. The summed E-state index contributed by atoms with van der Waals surface area (Å²) in [6, 6.07) is 6.35. The summed E-state index contributed by atoms with van der Waals surface area (Å²) in [6.07, 6.45) is 1.71. The molecular formula is C13H17FO2. The third kappa shape index (κ3) is 2.42. The predicted octanol–water partition coefficient (Wildman–Crippen LogP) is 2.30. The van der Waals surface area contributed by atoms with Crippen LogP contribution in [0.1, 0.15) is 25.3 Å². The molecule has 2 atom stereocenters. The quantitative estimate of drug-likeness (QED) is 0.853. The van der Waals surface area contributed by atoms with Crippen molar-refractivity contribution in [3.8, 4) is 0 Å². The summed E-state index contributed by atoms with van der Waals surface area (Å²) in [5.74, 6) is -0.262. The largest absolute Gasteiger partial charge is 0.390 e. The Labute approximate surface area is 95.1 Å². The van der Waals surface area contributed by atoms with Gasteiger partial charge in [0.1, 0.15) is 5.82 Å². The number of hydrogen-bond donors (Lipinski definition) is 1. The number of halogens is 1. The summed E-state index contributed by atoms with van der Waals surface area (Å²) in [7, 11) is 0. The van der Waals surface area contributed by atoms with E-state index in [9.17, 15) is 9.50 Å². The molecule has 1 aromatic rings. The van der Waals surface area contributed by atoms with Crippen LogP contribution in [0.15, 0.2) is 24.3 Å². The summed E-state index contributed by atoms with van der Waals surface area (Å²) in [4.78, 5) is 0. The summed E-state index contributed by atoms with van der Waals surface area (Å²) in [5, 5.41) is 10.1. The van der Waals surface area contributed by atoms with Gasteiger partial charge in [-0.25, -0.2) is 4.39 Å². The molecule has 2 nitrogen and oxygen atoms in total. The van der Waals surface area contributed by atoms with Gasteiger partial charge < -0.3 is 9.84 Å². The maximum Gasteiger partial charge on any atom is 0.123 e. The van der Waals surface area contributed by atoms with Gasteiger partial charge in [-0.05, 0) is 37.5 Å². The van der Waals surface area contributed by atoms with Gasteiger partial charge in [-0.1, -0.05) is 12.1 Å². The van der Waals surface area contributed by atoms with E-state index >= 15 is 0 Å². The van der Waals surface area contributed by atoms with Crippen LogP contribution in [0.2, 0.25) is 0 Å². The fraction of sp³-hybridized carbons (Fsp3) is 0.538. The maximum absolute atomic E-state index is 13.0. The van der Waals surface area contributed by atoms with E-state index in [4.69, 9.17) is 4.74 Å². The van der Waals surface area contributed by atoms with Gasteiger partial charge in [0, 0.05) is 13.0 Å². The van der Waals surface area contributed by atoms with Crippen molar-refractivity contribution in [2.45, 2.75) is 37.9 Å². The highest BCUT2D eigenvalue weighted by atomic mass is 19.1. The third-order valence-corrected chi connectivity index (χ3v) is 3.27. The molecule has 1 N–H and O–H groups in total. The zero-order chi connectivity index (χ0) is 11.6. The van der Waals surface area contributed by atoms with Gasteiger partial charge in [0.2, 0.25) is 0 Å². The highest BCUT2D eigenvalue weighted by Gasteiger charge is 2.37. The molecule has 1 fully saturated rings. The lowest BCUT2D eigenvalue weighted by atomic mass is 9.91. The molecule has 88 valence electrons. The molecule has 0 spiro atoms. The molecule has 0 aromatic heterocycles. The number of benzene rings is 1. The van der Waals surface area contributed by atoms with E-state index in [0.717, 1.165) is 18.4 Å². The topological polar surface area (TPSA) is 29.5 Å². The Morgan fingerprint density at radius 1 is 1.56 bits per heavy atom. The molecule has 1 heterocycles. The molecule has 1 saturated heterocycles. The molecule has 1 aliphatic heterocycles. The number of ether oxygens (including phenoxy) is 1. The minimum absolute atomic E-state index is 0.262. The fourth-order valence-corrected chi connectivity index (χ4v) is 2.17. The molecule has 16 heavy (non-hydrogen) atoms. The van der Waals surface area contributed by atoms with Crippen molar-refractivity contribution >= 4 is 0 Å². The third-order valence-electron chi connectivity index (χ3n) is 3.27. The average Bonchev–Trinajstić information content (AvgIpc) is 2.66. The van der Waals surface area contributed by atoms with E-state index < -0.39 is 11.7 Å². The minimum atomic E-state index is -0.572. The molecule has 0 bridgehead atoms. The van der Waals surface area contributed by atoms with Gasteiger partial charge in [-0.2, -0.15) is 0 Å². The van der Waals surface area contributed by atoms with Crippen molar-refractivity contribution in [1.82, 2.24) is 0 Å². The van der Waals surface area contributed by atoms with Crippen molar-refractivity contribution in [2.75, 3.05) is 6.61 Å². The second-order valence-corrected chi connectivity index (χ2v) is 4.61. The van der Waals surface area contributed by atoms with Gasteiger partial charge in [0.15, 0.2) is 0 Å². The van der Waals surface area contributed by atoms with E-state index in [2.05, 4.69) is 0 Å². The number of aliphatic hydroxyl groups excluding tert-OH is 1. The van der Waals surface area contributed by atoms with Gasteiger partial charge in [0.25, 0.3) is 0 Å². The summed E-state index contributed by atoms with van der Waals surface area (Å²) < 4.78 is 18.5. The second kappa shape index (κ2) is 4.52. The van der Waals surface area contributed by atoms with Crippen molar-refractivity contribution in [1.29, 1.82) is 0 Å². The van der Waals surface area contributed by atoms with Crippen LogP contribution in [0.5, 0.6) is 0 Å². The van der Waals surface area contributed by atoms with Gasteiger partial charge >= 0.3 is 0 Å². The molecule has 0 aliphatic carbocycles. The second-order valence-electron chi connectivity index (χ2n) is 4.61. The van der Waals surface area contributed by atoms with Crippen LogP contribution < -0.4 is 0 Å². The Balaban J connectivity index is 2.04. The van der Waals surface area contributed by atoms with Gasteiger partial charge in [0.05, 0.1) is 11.7 Å². The maximum atomic E-state index is 13.0. The monoisotopic (exact) mass is 224 g/mol. The van der Waals surface area contributed by atoms with E-state index in [1.165, 1.54) is 12.1 Å². The van der Waals surface area contributed by atoms with Crippen LogP contribution in [0, 0.1) is 5.82 Å². The van der Waals surface area contributed by atoms with Crippen LogP contribution in [0.25, 0.3) is 0 Å². The fourth-order valence-electron chi connectivity index (χ4n) is 2.17. The van der Waals surface area contributed by atoms with Crippen LogP contribution in [0.3, 0.4) is 0 Å². The Hall–Kier alpha value is -0.930. The van der Waals surface area contributed by atoms with Crippen molar-refractivity contribution in [3.05, 3.63) is 35.6 Å². The first-order chi connectivity index (χ1) is 7.60. The highest BCUT2D eigenvalue weighted by molar-refractivity contribution is 5.18. The average molecular weight is 224 g/mol. The Morgan fingerprint density at radius 2 is 2.38 bits per heavy atom. The zero-order valence-electron chi connectivity index (χ0n) is 9.45. The standard InChI is InChI=1S/C13H17FO2/c1-13(6-3-7-16-13)12(15)9-10-4-2-5-11(14)8-10/h2,4-5,8,12,15H,3,6-7,9H2,1H3. The normalized spacial score (nSPS) is 26.9. The minimum Gasteiger partial charge on any atom is -0.390 e. The smallest absolute Gasteiger partial charge is 0.123 e. The van der Waals surface area contributed by atoms with Gasteiger partial charge in [-0.3, -0.25) is 0 Å². The first-order valence-corrected chi connectivity index (χ1v) is 5.67. The number of aliphatic hydroxyl groups is 1. The van der Waals surface area contributed by atoms with Crippen molar-refractivity contribution in [3.63, 3.8) is 0 Å². The van der Waals surface area contributed by atoms with E-state index in [1.807, 2.05) is 13.0 Å². The Kier molecular flexibility index (Phi) is 3.26. The molecule has 0 amide bonds. The molecule has 2 unspecified atom stereocenters. The van der Waals surface area contributed by atoms with E-state index in [0.29, 0.717) is 13.0 Å². The lowest BCUT2D eigenvalue weighted by Crippen LogP contribution is -2.40. The zero-order valence-corrected chi connectivity index (χ0v) is 9.45. The molecular weight excluding hydrogens is 207 g/mol. The van der Waals surface area contributed by atoms with Crippen LogP contribution in [0.4, 0.5) is 4.39 Å². The predicted molar refractivity (Wildman–Crippen MR) is 59.7 cm³/mol. The Morgan fingerprint density at radius 3 is 3.00 bits per heavy atom. The molecule has 1 aromatic carbocycles. The van der Waals surface area contributed by atoms with Crippen LogP contribution in [-0.4, -0.2) is 23.4 Å². The SMILES string of the molecule is CC1(C(O)Cc2cccc(F)c2)CCCO1. The van der Waals surface area contributed by atoms with Crippen LogP contribution >= 0.6 is 0 Å². The lowest BCUT2D eigenvalue weighted by Gasteiger charge is -2.29. The van der Waals surface area contributed by atoms with Crippen LogP contribution in [-0.2, 0) is 11.2 Å². The van der Waals surface area contributed by atoms with E-state index in [1.54, 1.807) is 6.07 Å². The summed E-state index contributed by atoms with van der Waals surface area (Å²) in [6.45, 7) is 2.63. The lowest BCUT2D eigenvalue weighted by molar-refractivity contribution is -0.0768. The summed E-state index contributed by atoms with van der Waals surface area (Å²) >= 11 is 0. The molecule has 2 rings (SSSR count). The molecule has 0 radical (unpaired) electrons. The first kappa shape index (κ1) is 11.6.